The Kier molecular flexibility index (Phi) is 2.12. The monoisotopic (exact) mass is 128 g/mol. The average molecular weight is 128 g/mol. The second-order valence-electron chi connectivity index (χ2n) is 3.27. The third-order valence-electron chi connectivity index (χ3n) is 2.29. The summed E-state index contributed by atoms with van der Waals surface area (Å²) in [6.45, 7) is 7.70. The lowest BCUT2D eigenvalue weighted by atomic mass is 9.90. The molecule has 1 heterocycles. The molecule has 0 amide bonds. The second-order valence-corrected chi connectivity index (χ2v) is 3.27. The molecule has 0 N–H and O–H groups in total. The van der Waals surface area contributed by atoms with Crippen molar-refractivity contribution >= 4 is 0 Å². The van der Waals surface area contributed by atoms with Gasteiger partial charge in [0.15, 0.2) is 0 Å². The summed E-state index contributed by atoms with van der Waals surface area (Å²) in [6.07, 6.45) is 1.77. The summed E-state index contributed by atoms with van der Waals surface area (Å²) in [5.41, 5.74) is 0. The largest absolute Gasteiger partial charge is 0.378 e. The Morgan fingerprint density at radius 2 is 2.11 bits per heavy atom. The highest BCUT2D eigenvalue weighted by atomic mass is 16.5. The predicted molar refractivity (Wildman–Crippen MR) is 38.4 cm³/mol. The van der Waals surface area contributed by atoms with Gasteiger partial charge >= 0.3 is 0 Å². The van der Waals surface area contributed by atoms with Crippen molar-refractivity contribution in [2.75, 3.05) is 6.61 Å². The minimum Gasteiger partial charge on any atom is -0.378 e. The SMILES string of the molecule is CC(C)C1CCOC1C. The lowest BCUT2D eigenvalue weighted by molar-refractivity contribution is 0.0946. The zero-order chi connectivity index (χ0) is 6.85. The molecule has 0 saturated carbocycles. The van der Waals surface area contributed by atoms with E-state index in [1.54, 1.807) is 0 Å². The molecule has 2 atom stereocenters. The molecule has 0 radical (unpaired) electrons. The quantitative estimate of drug-likeness (QED) is 0.525. The Bertz CT molecular complexity index is 88.6. The molecule has 0 spiro atoms. The van der Waals surface area contributed by atoms with Crippen molar-refractivity contribution in [3.8, 4) is 0 Å². The maximum Gasteiger partial charge on any atom is 0.0578 e. The van der Waals surface area contributed by atoms with E-state index >= 15 is 0 Å². The molecule has 54 valence electrons. The Hall–Kier alpha value is -0.0400. The fraction of sp³-hybridized carbons (Fsp3) is 1.00. The molecule has 0 aromatic rings. The van der Waals surface area contributed by atoms with Crippen LogP contribution in [0.1, 0.15) is 27.2 Å². The summed E-state index contributed by atoms with van der Waals surface area (Å²) < 4.78 is 5.43. The molecule has 9 heavy (non-hydrogen) atoms. The summed E-state index contributed by atoms with van der Waals surface area (Å²) in [7, 11) is 0. The van der Waals surface area contributed by atoms with Crippen molar-refractivity contribution < 1.29 is 4.74 Å². The first kappa shape index (κ1) is 7.07. The number of rotatable bonds is 1. The first-order chi connectivity index (χ1) is 4.22. The summed E-state index contributed by atoms with van der Waals surface area (Å²) in [6, 6.07) is 0. The minimum atomic E-state index is 0.505. The van der Waals surface area contributed by atoms with Crippen LogP contribution in [0, 0.1) is 11.8 Å². The van der Waals surface area contributed by atoms with Crippen LogP contribution in [0.2, 0.25) is 0 Å². The van der Waals surface area contributed by atoms with E-state index in [1.807, 2.05) is 0 Å². The molecule has 1 heteroatoms. The normalized spacial score (nSPS) is 36.0. The molecular formula is C8H16O. The van der Waals surface area contributed by atoms with Gasteiger partial charge < -0.3 is 4.74 Å². The van der Waals surface area contributed by atoms with Crippen molar-refractivity contribution in [1.82, 2.24) is 0 Å². The van der Waals surface area contributed by atoms with E-state index in [0.29, 0.717) is 6.10 Å². The number of ether oxygens (including phenoxy) is 1. The van der Waals surface area contributed by atoms with Gasteiger partial charge in [-0.05, 0) is 25.2 Å². The third kappa shape index (κ3) is 1.45. The summed E-state index contributed by atoms with van der Waals surface area (Å²) >= 11 is 0. The summed E-state index contributed by atoms with van der Waals surface area (Å²) in [4.78, 5) is 0. The highest BCUT2D eigenvalue weighted by molar-refractivity contribution is 4.74. The molecule has 1 aliphatic rings. The Morgan fingerprint density at radius 3 is 2.33 bits per heavy atom. The molecule has 0 bridgehead atoms. The smallest absolute Gasteiger partial charge is 0.0578 e. The van der Waals surface area contributed by atoms with Crippen LogP contribution < -0.4 is 0 Å². The van der Waals surface area contributed by atoms with Crippen molar-refractivity contribution in [3.05, 3.63) is 0 Å². The maximum atomic E-state index is 5.43. The van der Waals surface area contributed by atoms with Gasteiger partial charge in [0, 0.05) is 6.61 Å². The highest BCUT2D eigenvalue weighted by Crippen LogP contribution is 2.26. The van der Waals surface area contributed by atoms with E-state index in [2.05, 4.69) is 20.8 Å². The molecule has 2 unspecified atom stereocenters. The topological polar surface area (TPSA) is 9.23 Å². The van der Waals surface area contributed by atoms with Gasteiger partial charge in [-0.25, -0.2) is 0 Å². The van der Waals surface area contributed by atoms with E-state index in [0.717, 1.165) is 18.4 Å². The standard InChI is InChI=1S/C8H16O/c1-6(2)8-4-5-9-7(8)3/h6-8H,4-5H2,1-3H3. The molecule has 1 fully saturated rings. The van der Waals surface area contributed by atoms with Crippen LogP contribution in [-0.4, -0.2) is 12.7 Å². The van der Waals surface area contributed by atoms with Crippen LogP contribution >= 0.6 is 0 Å². The lowest BCUT2D eigenvalue weighted by Crippen LogP contribution is -2.16. The molecule has 1 saturated heterocycles. The van der Waals surface area contributed by atoms with Crippen LogP contribution in [0.3, 0.4) is 0 Å². The van der Waals surface area contributed by atoms with E-state index in [9.17, 15) is 0 Å². The maximum absolute atomic E-state index is 5.43. The first-order valence-electron chi connectivity index (χ1n) is 3.83. The zero-order valence-corrected chi connectivity index (χ0v) is 6.55. The van der Waals surface area contributed by atoms with Gasteiger partial charge in [0.2, 0.25) is 0 Å². The number of hydrogen-bond acceptors (Lipinski definition) is 1. The fourth-order valence-corrected chi connectivity index (χ4v) is 1.62. The van der Waals surface area contributed by atoms with Crippen molar-refractivity contribution in [2.45, 2.75) is 33.3 Å². The van der Waals surface area contributed by atoms with Crippen LogP contribution in [0.15, 0.2) is 0 Å². The lowest BCUT2D eigenvalue weighted by Gasteiger charge is -2.17. The van der Waals surface area contributed by atoms with Gasteiger partial charge in [0.25, 0.3) is 0 Å². The van der Waals surface area contributed by atoms with E-state index in [4.69, 9.17) is 4.74 Å². The van der Waals surface area contributed by atoms with E-state index < -0.39 is 0 Å². The third-order valence-corrected chi connectivity index (χ3v) is 2.29. The molecule has 1 nitrogen and oxygen atoms in total. The Balaban J connectivity index is 2.40. The first-order valence-corrected chi connectivity index (χ1v) is 3.83. The van der Waals surface area contributed by atoms with Crippen LogP contribution in [0.5, 0.6) is 0 Å². The summed E-state index contributed by atoms with van der Waals surface area (Å²) in [5, 5.41) is 0. The van der Waals surface area contributed by atoms with E-state index in [1.165, 1.54) is 6.42 Å². The van der Waals surface area contributed by atoms with Crippen molar-refractivity contribution in [2.24, 2.45) is 11.8 Å². The molecule has 1 rings (SSSR count). The Morgan fingerprint density at radius 1 is 1.44 bits per heavy atom. The van der Waals surface area contributed by atoms with Gasteiger partial charge in [-0.2, -0.15) is 0 Å². The number of hydrogen-bond donors (Lipinski definition) is 0. The predicted octanol–water partition coefficient (Wildman–Crippen LogP) is 2.07. The van der Waals surface area contributed by atoms with Crippen molar-refractivity contribution in [1.29, 1.82) is 0 Å². The average Bonchev–Trinajstić information content (AvgIpc) is 2.13. The zero-order valence-electron chi connectivity index (χ0n) is 6.55. The van der Waals surface area contributed by atoms with Gasteiger partial charge in [-0.3, -0.25) is 0 Å². The molecule has 0 aromatic carbocycles. The van der Waals surface area contributed by atoms with Crippen LogP contribution in [-0.2, 0) is 4.74 Å². The molecule has 0 aliphatic carbocycles. The van der Waals surface area contributed by atoms with Gasteiger partial charge in [0.1, 0.15) is 0 Å². The Labute approximate surface area is 57.4 Å². The minimum absolute atomic E-state index is 0.505. The van der Waals surface area contributed by atoms with Gasteiger partial charge in [-0.1, -0.05) is 13.8 Å². The fourth-order valence-electron chi connectivity index (χ4n) is 1.62. The summed E-state index contributed by atoms with van der Waals surface area (Å²) in [5.74, 6) is 1.60. The second kappa shape index (κ2) is 2.70. The molecule has 1 aliphatic heterocycles. The van der Waals surface area contributed by atoms with Crippen molar-refractivity contribution in [3.63, 3.8) is 0 Å². The van der Waals surface area contributed by atoms with E-state index in [-0.39, 0.29) is 0 Å². The van der Waals surface area contributed by atoms with Gasteiger partial charge in [0.05, 0.1) is 6.10 Å². The molecular weight excluding hydrogens is 112 g/mol. The van der Waals surface area contributed by atoms with Crippen LogP contribution in [0.25, 0.3) is 0 Å². The van der Waals surface area contributed by atoms with Crippen LogP contribution in [0.4, 0.5) is 0 Å². The highest BCUT2D eigenvalue weighted by Gasteiger charge is 2.26. The molecule has 0 aromatic heterocycles. The van der Waals surface area contributed by atoms with Gasteiger partial charge in [-0.15, -0.1) is 0 Å².